The van der Waals surface area contributed by atoms with Crippen LogP contribution in [-0.2, 0) is 16.6 Å². The Morgan fingerprint density at radius 1 is 1.25 bits per heavy atom. The highest BCUT2D eigenvalue weighted by molar-refractivity contribution is 7.89. The van der Waals surface area contributed by atoms with Crippen molar-refractivity contribution in [2.75, 3.05) is 5.43 Å². The van der Waals surface area contributed by atoms with Crippen molar-refractivity contribution in [2.45, 2.75) is 18.5 Å². The lowest BCUT2D eigenvalue weighted by Crippen LogP contribution is -2.26. The second-order valence-corrected chi connectivity index (χ2v) is 5.82. The molecule has 0 fully saturated rings. The average Bonchev–Trinajstić information content (AvgIpc) is 2.46. The molecule has 106 valence electrons. The van der Waals surface area contributed by atoms with Crippen molar-refractivity contribution in [1.29, 1.82) is 0 Å². The Morgan fingerprint density at radius 3 is 2.70 bits per heavy atom. The normalized spacial score (nSPS) is 11.3. The van der Waals surface area contributed by atoms with Crippen molar-refractivity contribution >= 4 is 15.7 Å². The molecule has 2 aromatic heterocycles. The van der Waals surface area contributed by atoms with Crippen LogP contribution in [0, 0.1) is 6.92 Å². The minimum absolute atomic E-state index is 0.135. The number of nitrogen functional groups attached to an aromatic ring is 1. The van der Waals surface area contributed by atoms with Crippen LogP contribution in [0.5, 0.6) is 0 Å². The van der Waals surface area contributed by atoms with Crippen LogP contribution in [0.1, 0.15) is 11.3 Å². The molecule has 0 unspecified atom stereocenters. The molecule has 0 saturated heterocycles. The van der Waals surface area contributed by atoms with Crippen LogP contribution < -0.4 is 16.0 Å². The molecule has 0 saturated carbocycles. The van der Waals surface area contributed by atoms with Crippen LogP contribution in [0.2, 0.25) is 0 Å². The first kappa shape index (κ1) is 14.4. The Balaban J connectivity index is 2.17. The van der Waals surface area contributed by atoms with Gasteiger partial charge in [-0.25, -0.2) is 18.1 Å². The van der Waals surface area contributed by atoms with Crippen LogP contribution in [-0.4, -0.2) is 18.4 Å². The lowest BCUT2D eigenvalue weighted by molar-refractivity contribution is 0.577. The van der Waals surface area contributed by atoms with Crippen LogP contribution in [0.25, 0.3) is 0 Å². The number of nitrogens with zero attached hydrogens (tertiary/aromatic N) is 2. The van der Waals surface area contributed by atoms with Gasteiger partial charge in [-0.3, -0.25) is 10.8 Å². The van der Waals surface area contributed by atoms with Gasteiger partial charge < -0.3 is 5.43 Å². The lowest BCUT2D eigenvalue weighted by Gasteiger charge is -2.09. The highest BCUT2D eigenvalue weighted by Crippen LogP contribution is 2.16. The molecule has 4 N–H and O–H groups in total. The average molecular weight is 293 g/mol. The van der Waals surface area contributed by atoms with Crippen molar-refractivity contribution in [3.05, 3.63) is 47.9 Å². The Labute approximate surface area is 117 Å². The maximum Gasteiger partial charge on any atom is 0.260 e. The Morgan fingerprint density at radius 2 is 2.05 bits per heavy atom. The molecule has 0 radical (unpaired) electrons. The highest BCUT2D eigenvalue weighted by Gasteiger charge is 2.19. The summed E-state index contributed by atoms with van der Waals surface area (Å²) in [6.45, 7) is 2.00. The zero-order chi connectivity index (χ0) is 14.6. The van der Waals surface area contributed by atoms with Gasteiger partial charge in [0.05, 0.1) is 5.69 Å². The van der Waals surface area contributed by atoms with Gasteiger partial charge in [-0.05, 0) is 30.7 Å². The fourth-order valence-electron chi connectivity index (χ4n) is 1.56. The molecule has 8 heteroatoms. The number of aryl methyl sites for hydroxylation is 1. The quantitative estimate of drug-likeness (QED) is 0.548. The number of hydrazine groups is 1. The van der Waals surface area contributed by atoms with Crippen LogP contribution in [0.4, 0.5) is 5.69 Å². The number of pyridine rings is 2. The molecule has 0 spiro atoms. The van der Waals surface area contributed by atoms with Gasteiger partial charge in [0.2, 0.25) is 0 Å². The molecule has 0 atom stereocenters. The Hall–Kier alpha value is -2.03. The summed E-state index contributed by atoms with van der Waals surface area (Å²) in [5.41, 5.74) is 4.18. The monoisotopic (exact) mass is 293 g/mol. The predicted molar refractivity (Wildman–Crippen MR) is 75.0 cm³/mol. The minimum atomic E-state index is -3.74. The number of rotatable bonds is 5. The van der Waals surface area contributed by atoms with Gasteiger partial charge >= 0.3 is 0 Å². The summed E-state index contributed by atoms with van der Waals surface area (Å²) in [6.07, 6.45) is 3.02. The number of sulfonamides is 1. The van der Waals surface area contributed by atoms with Gasteiger partial charge in [0, 0.05) is 24.6 Å². The molecule has 2 aromatic rings. The molecule has 2 heterocycles. The number of hydrogen-bond acceptors (Lipinski definition) is 6. The van der Waals surface area contributed by atoms with Crippen LogP contribution >= 0.6 is 0 Å². The van der Waals surface area contributed by atoms with E-state index >= 15 is 0 Å². The molecular formula is C12H15N5O2S. The molecule has 0 bridgehead atoms. The van der Waals surface area contributed by atoms with Crippen molar-refractivity contribution in [3.8, 4) is 0 Å². The van der Waals surface area contributed by atoms with Crippen LogP contribution in [0.15, 0.2) is 41.7 Å². The second kappa shape index (κ2) is 5.95. The topological polar surface area (TPSA) is 110 Å². The molecule has 2 rings (SSSR count). The largest absolute Gasteiger partial charge is 0.321 e. The first-order chi connectivity index (χ1) is 9.53. The molecule has 0 aliphatic rings. The molecule has 0 aliphatic heterocycles. The molecule has 0 aromatic carbocycles. The van der Waals surface area contributed by atoms with E-state index in [1.807, 2.05) is 19.1 Å². The van der Waals surface area contributed by atoms with E-state index in [1.165, 1.54) is 12.3 Å². The third-order valence-corrected chi connectivity index (χ3v) is 3.98. The zero-order valence-electron chi connectivity index (χ0n) is 10.9. The zero-order valence-corrected chi connectivity index (χ0v) is 11.7. The first-order valence-corrected chi connectivity index (χ1v) is 7.34. The summed E-state index contributed by atoms with van der Waals surface area (Å²) in [6, 6.07) is 6.76. The van der Waals surface area contributed by atoms with E-state index in [0.29, 0.717) is 0 Å². The first-order valence-electron chi connectivity index (χ1n) is 5.86. The maximum absolute atomic E-state index is 12.2. The number of nitrogens with two attached hydrogens (primary N) is 1. The molecule has 0 aliphatic carbocycles. The van der Waals surface area contributed by atoms with E-state index in [4.69, 9.17) is 5.84 Å². The van der Waals surface area contributed by atoms with E-state index in [1.54, 1.807) is 12.3 Å². The van der Waals surface area contributed by atoms with Crippen LogP contribution in [0.3, 0.4) is 0 Å². The van der Waals surface area contributed by atoms with Gasteiger partial charge in [0.15, 0.2) is 5.03 Å². The highest BCUT2D eigenvalue weighted by atomic mass is 32.2. The minimum Gasteiger partial charge on any atom is -0.321 e. The van der Waals surface area contributed by atoms with Gasteiger partial charge in [-0.15, -0.1) is 0 Å². The van der Waals surface area contributed by atoms with E-state index in [9.17, 15) is 8.42 Å². The number of anilines is 1. The van der Waals surface area contributed by atoms with E-state index < -0.39 is 10.0 Å². The molecule has 7 nitrogen and oxygen atoms in total. The summed E-state index contributed by atoms with van der Waals surface area (Å²) in [5, 5.41) is -0.137. The Kier molecular flexibility index (Phi) is 4.28. The third kappa shape index (κ3) is 3.29. The summed E-state index contributed by atoms with van der Waals surface area (Å²) < 4.78 is 26.8. The predicted octanol–water partition coefficient (Wildman–Crippen LogP) is 0.549. The summed E-state index contributed by atoms with van der Waals surface area (Å²) >= 11 is 0. The molecule has 0 amide bonds. The lowest BCUT2D eigenvalue weighted by atomic mass is 10.2. The van der Waals surface area contributed by atoms with Crippen molar-refractivity contribution < 1.29 is 8.42 Å². The standard InChI is InChI=1S/C12H15N5O2S/c1-9-4-5-10(7-15-9)8-16-20(18,19)12-11(17-13)3-2-6-14-12/h2-7,16-17H,8,13H2,1H3. The van der Waals surface area contributed by atoms with Crippen molar-refractivity contribution in [1.82, 2.24) is 14.7 Å². The van der Waals surface area contributed by atoms with Crippen molar-refractivity contribution in [2.24, 2.45) is 5.84 Å². The Bertz CT molecular complexity index is 685. The second-order valence-electron chi connectivity index (χ2n) is 4.13. The number of nitrogens with one attached hydrogen (secondary N) is 2. The van der Waals surface area contributed by atoms with E-state index in [2.05, 4.69) is 20.1 Å². The van der Waals surface area contributed by atoms with Gasteiger partial charge in [-0.2, -0.15) is 0 Å². The van der Waals surface area contributed by atoms with Gasteiger partial charge in [0.25, 0.3) is 10.0 Å². The number of aromatic nitrogens is 2. The number of hydrogen-bond donors (Lipinski definition) is 3. The molecular weight excluding hydrogens is 278 g/mol. The fraction of sp³-hybridized carbons (Fsp3) is 0.167. The summed E-state index contributed by atoms with van der Waals surface area (Å²) in [5.74, 6) is 5.28. The smallest absolute Gasteiger partial charge is 0.260 e. The molecule has 20 heavy (non-hydrogen) atoms. The summed E-state index contributed by atoms with van der Waals surface area (Å²) in [4.78, 5) is 7.94. The van der Waals surface area contributed by atoms with Crippen molar-refractivity contribution in [3.63, 3.8) is 0 Å². The fourth-order valence-corrected chi connectivity index (χ4v) is 2.67. The van der Waals surface area contributed by atoms with E-state index in [0.717, 1.165) is 11.3 Å². The maximum atomic E-state index is 12.2. The van der Waals surface area contributed by atoms with Gasteiger partial charge in [0.1, 0.15) is 0 Å². The van der Waals surface area contributed by atoms with Gasteiger partial charge in [-0.1, -0.05) is 6.07 Å². The summed E-state index contributed by atoms with van der Waals surface area (Å²) in [7, 11) is -3.74. The van der Waals surface area contributed by atoms with E-state index in [-0.39, 0.29) is 17.3 Å². The SMILES string of the molecule is Cc1ccc(CNS(=O)(=O)c2ncccc2NN)cn1. The third-order valence-electron chi connectivity index (χ3n) is 2.62.